The minimum Gasteiger partial charge on any atom is -0.244 e. The summed E-state index contributed by atoms with van der Waals surface area (Å²) in [4.78, 5) is 0. The fourth-order valence-electron chi connectivity index (χ4n) is 2.53. The SMILES string of the molecule is C[C@@H]1CCCCCc2c1nnn2C(C)(C)C. The molecule has 16 heavy (non-hydrogen) atoms. The van der Waals surface area contributed by atoms with Crippen molar-refractivity contribution in [1.29, 1.82) is 0 Å². The summed E-state index contributed by atoms with van der Waals surface area (Å²) in [6, 6.07) is 0. The van der Waals surface area contributed by atoms with Crippen LogP contribution in [0.1, 0.15) is 70.7 Å². The second kappa shape index (κ2) is 4.19. The van der Waals surface area contributed by atoms with Gasteiger partial charge in [-0.2, -0.15) is 0 Å². The normalized spacial score (nSPS) is 22.4. The third-order valence-electron chi connectivity index (χ3n) is 3.45. The lowest BCUT2D eigenvalue weighted by molar-refractivity contribution is 0.333. The predicted octanol–water partition coefficient (Wildman–Crippen LogP) is 3.25. The van der Waals surface area contributed by atoms with Gasteiger partial charge in [-0.05, 0) is 40.0 Å². The molecule has 0 aromatic carbocycles. The molecule has 0 spiro atoms. The summed E-state index contributed by atoms with van der Waals surface area (Å²) in [6.07, 6.45) is 6.37. The van der Waals surface area contributed by atoms with Crippen LogP contribution in [0.3, 0.4) is 0 Å². The van der Waals surface area contributed by atoms with Crippen molar-refractivity contribution < 1.29 is 0 Å². The molecule has 0 saturated carbocycles. The molecule has 2 rings (SSSR count). The van der Waals surface area contributed by atoms with Crippen LogP contribution in [0.2, 0.25) is 0 Å². The van der Waals surface area contributed by atoms with Gasteiger partial charge < -0.3 is 0 Å². The van der Waals surface area contributed by atoms with E-state index in [9.17, 15) is 0 Å². The zero-order valence-electron chi connectivity index (χ0n) is 11.0. The number of fused-ring (bicyclic) bond motifs is 1. The Balaban J connectivity index is 2.41. The minimum absolute atomic E-state index is 0.0551. The Kier molecular flexibility index (Phi) is 3.04. The average molecular weight is 221 g/mol. The van der Waals surface area contributed by atoms with Gasteiger partial charge in [0.25, 0.3) is 0 Å². The molecule has 0 N–H and O–H groups in total. The Labute approximate surface area is 98.2 Å². The Morgan fingerprint density at radius 2 is 1.94 bits per heavy atom. The summed E-state index contributed by atoms with van der Waals surface area (Å²) in [5.74, 6) is 0.575. The molecule has 1 aliphatic rings. The molecule has 0 bridgehead atoms. The Hall–Kier alpha value is -0.860. The van der Waals surface area contributed by atoms with E-state index >= 15 is 0 Å². The number of aromatic nitrogens is 3. The summed E-state index contributed by atoms with van der Waals surface area (Å²) >= 11 is 0. The molecule has 0 amide bonds. The van der Waals surface area contributed by atoms with Crippen molar-refractivity contribution in [3.63, 3.8) is 0 Å². The topological polar surface area (TPSA) is 30.7 Å². The molecule has 1 atom stereocenters. The second-order valence-electron chi connectivity index (χ2n) is 6.00. The molecule has 1 aromatic heterocycles. The van der Waals surface area contributed by atoms with Crippen LogP contribution in [0.25, 0.3) is 0 Å². The van der Waals surface area contributed by atoms with Gasteiger partial charge in [0.2, 0.25) is 0 Å². The molecule has 1 heterocycles. The monoisotopic (exact) mass is 221 g/mol. The third-order valence-corrected chi connectivity index (χ3v) is 3.45. The highest BCUT2D eigenvalue weighted by Gasteiger charge is 2.25. The van der Waals surface area contributed by atoms with Crippen molar-refractivity contribution in [2.75, 3.05) is 0 Å². The van der Waals surface area contributed by atoms with Gasteiger partial charge in [0.15, 0.2) is 0 Å². The fraction of sp³-hybridized carbons (Fsp3) is 0.846. The Morgan fingerprint density at radius 3 is 2.62 bits per heavy atom. The molecule has 0 radical (unpaired) electrons. The first-order chi connectivity index (χ1) is 7.50. The number of nitrogens with zero attached hydrogens (tertiary/aromatic N) is 3. The largest absolute Gasteiger partial charge is 0.244 e. The lowest BCUT2D eigenvalue weighted by Crippen LogP contribution is -2.26. The highest BCUT2D eigenvalue weighted by Crippen LogP contribution is 2.29. The third kappa shape index (κ3) is 2.13. The fourth-order valence-corrected chi connectivity index (χ4v) is 2.53. The lowest BCUT2D eigenvalue weighted by Gasteiger charge is -2.23. The number of hydrogen-bond donors (Lipinski definition) is 0. The van der Waals surface area contributed by atoms with Crippen molar-refractivity contribution in [2.45, 2.75) is 71.3 Å². The van der Waals surface area contributed by atoms with Crippen LogP contribution in [0.15, 0.2) is 0 Å². The molecular weight excluding hydrogens is 198 g/mol. The zero-order chi connectivity index (χ0) is 11.8. The van der Waals surface area contributed by atoms with Crippen LogP contribution in [0, 0.1) is 0 Å². The summed E-state index contributed by atoms with van der Waals surface area (Å²) in [5.41, 5.74) is 2.67. The van der Waals surface area contributed by atoms with E-state index in [0.717, 1.165) is 6.42 Å². The highest BCUT2D eigenvalue weighted by molar-refractivity contribution is 5.17. The van der Waals surface area contributed by atoms with Gasteiger partial charge in [-0.15, -0.1) is 5.10 Å². The van der Waals surface area contributed by atoms with Gasteiger partial charge in [0, 0.05) is 5.92 Å². The standard InChI is InChI=1S/C13H23N3/c1-10-8-6-5-7-9-11-12(10)14-15-16(11)13(2,3)4/h10H,5-9H2,1-4H3/t10-/m1/s1. The van der Waals surface area contributed by atoms with Crippen LogP contribution < -0.4 is 0 Å². The van der Waals surface area contributed by atoms with E-state index in [-0.39, 0.29) is 5.54 Å². The van der Waals surface area contributed by atoms with Crippen molar-refractivity contribution in [3.8, 4) is 0 Å². The molecular formula is C13H23N3. The minimum atomic E-state index is 0.0551. The van der Waals surface area contributed by atoms with Crippen LogP contribution in [-0.4, -0.2) is 15.0 Å². The Bertz CT molecular complexity index is 360. The van der Waals surface area contributed by atoms with Gasteiger partial charge in [-0.1, -0.05) is 25.0 Å². The average Bonchev–Trinajstić information content (AvgIpc) is 2.56. The number of rotatable bonds is 0. The summed E-state index contributed by atoms with van der Waals surface area (Å²) in [5, 5.41) is 8.79. The van der Waals surface area contributed by atoms with Gasteiger partial charge in [-0.25, -0.2) is 4.68 Å². The first-order valence-corrected chi connectivity index (χ1v) is 6.45. The van der Waals surface area contributed by atoms with Crippen molar-refractivity contribution >= 4 is 0 Å². The molecule has 3 heteroatoms. The van der Waals surface area contributed by atoms with Crippen molar-refractivity contribution in [2.24, 2.45) is 0 Å². The molecule has 0 aliphatic heterocycles. The second-order valence-corrected chi connectivity index (χ2v) is 6.00. The van der Waals surface area contributed by atoms with Gasteiger partial charge >= 0.3 is 0 Å². The van der Waals surface area contributed by atoms with Crippen LogP contribution >= 0.6 is 0 Å². The van der Waals surface area contributed by atoms with E-state index in [1.807, 2.05) is 0 Å². The summed E-state index contributed by atoms with van der Waals surface area (Å²) in [7, 11) is 0. The lowest BCUT2D eigenvalue weighted by atomic mass is 9.92. The summed E-state index contributed by atoms with van der Waals surface area (Å²) < 4.78 is 2.13. The molecule has 0 saturated heterocycles. The molecule has 0 unspecified atom stereocenters. The molecule has 1 aromatic rings. The Morgan fingerprint density at radius 1 is 1.19 bits per heavy atom. The van der Waals surface area contributed by atoms with E-state index in [1.165, 1.54) is 37.1 Å². The van der Waals surface area contributed by atoms with Gasteiger partial charge in [0.05, 0.1) is 16.9 Å². The van der Waals surface area contributed by atoms with E-state index in [1.54, 1.807) is 0 Å². The van der Waals surface area contributed by atoms with E-state index in [0.29, 0.717) is 5.92 Å². The maximum atomic E-state index is 4.42. The molecule has 0 fully saturated rings. The van der Waals surface area contributed by atoms with Crippen molar-refractivity contribution in [3.05, 3.63) is 11.4 Å². The van der Waals surface area contributed by atoms with Crippen LogP contribution in [0.4, 0.5) is 0 Å². The molecule has 90 valence electrons. The first kappa shape index (κ1) is 11.6. The van der Waals surface area contributed by atoms with E-state index < -0.39 is 0 Å². The molecule has 1 aliphatic carbocycles. The van der Waals surface area contributed by atoms with Gasteiger partial charge in [-0.3, -0.25) is 0 Å². The number of hydrogen-bond acceptors (Lipinski definition) is 2. The van der Waals surface area contributed by atoms with Gasteiger partial charge in [0.1, 0.15) is 0 Å². The smallest absolute Gasteiger partial charge is 0.0887 e. The molecule has 3 nitrogen and oxygen atoms in total. The quantitative estimate of drug-likeness (QED) is 0.673. The van der Waals surface area contributed by atoms with Crippen LogP contribution in [-0.2, 0) is 12.0 Å². The van der Waals surface area contributed by atoms with E-state index in [2.05, 4.69) is 42.7 Å². The first-order valence-electron chi connectivity index (χ1n) is 6.45. The predicted molar refractivity (Wildman–Crippen MR) is 65.6 cm³/mol. The maximum absolute atomic E-state index is 4.42. The van der Waals surface area contributed by atoms with Crippen LogP contribution in [0.5, 0.6) is 0 Å². The highest BCUT2D eigenvalue weighted by atomic mass is 15.5. The maximum Gasteiger partial charge on any atom is 0.0887 e. The zero-order valence-corrected chi connectivity index (χ0v) is 11.0. The summed E-state index contributed by atoms with van der Waals surface area (Å²) in [6.45, 7) is 8.88. The van der Waals surface area contributed by atoms with Crippen molar-refractivity contribution in [1.82, 2.24) is 15.0 Å². The van der Waals surface area contributed by atoms with E-state index in [4.69, 9.17) is 0 Å².